The predicted octanol–water partition coefficient (Wildman–Crippen LogP) is 0.882. The smallest absolute Gasteiger partial charge is 0.337 e. The third-order valence-electron chi connectivity index (χ3n) is 3.69. The molecule has 0 radical (unpaired) electrons. The lowest BCUT2D eigenvalue weighted by atomic mass is 9.70. The fourth-order valence-corrected chi connectivity index (χ4v) is 3.83. The van der Waals surface area contributed by atoms with Gasteiger partial charge in [0.05, 0.1) is 7.11 Å². The molecule has 1 saturated heterocycles. The van der Waals surface area contributed by atoms with Crippen LogP contribution in [0.3, 0.4) is 0 Å². The summed E-state index contributed by atoms with van der Waals surface area (Å²) in [5.74, 6) is -0.603. The molecule has 1 fully saturated rings. The largest absolute Gasteiger partial charge is 0.467 e. The molecule has 5 nitrogen and oxygen atoms in total. The number of nitrogens with zero attached hydrogens (tertiary/aromatic N) is 1. The van der Waals surface area contributed by atoms with E-state index < -0.39 is 28.9 Å². The fourth-order valence-electron chi connectivity index (χ4n) is 3.83. The van der Waals surface area contributed by atoms with Gasteiger partial charge in [-0.1, -0.05) is 0 Å². The van der Waals surface area contributed by atoms with Gasteiger partial charge < -0.3 is 14.9 Å². The Morgan fingerprint density at radius 3 is 1.89 bits per heavy atom. The summed E-state index contributed by atoms with van der Waals surface area (Å²) >= 11 is 0. The number of hydrogen-bond acceptors (Lipinski definition) is 5. The highest BCUT2D eigenvalue weighted by Crippen LogP contribution is 2.44. The lowest BCUT2D eigenvalue weighted by Crippen LogP contribution is -2.69. The van der Waals surface area contributed by atoms with Gasteiger partial charge in [-0.2, -0.15) is 0 Å². The van der Waals surface area contributed by atoms with Gasteiger partial charge in [0.15, 0.2) is 5.60 Å². The van der Waals surface area contributed by atoms with Crippen molar-refractivity contribution in [1.29, 1.82) is 0 Å². The van der Waals surface area contributed by atoms with Gasteiger partial charge in [0.25, 0.3) is 0 Å². The minimum absolute atomic E-state index is 0.237. The van der Waals surface area contributed by atoms with Crippen LogP contribution in [0.5, 0.6) is 0 Å². The molecule has 0 saturated carbocycles. The first-order valence-corrected chi connectivity index (χ1v) is 6.25. The van der Waals surface area contributed by atoms with Gasteiger partial charge in [-0.3, -0.25) is 4.90 Å². The van der Waals surface area contributed by atoms with Crippen molar-refractivity contribution in [3.8, 4) is 0 Å². The molecule has 1 heterocycles. The standard InChI is InChI=1S/C13H25NO4/c1-9(15)14-11(2,3)7-13(17,10(16)18-6)8-12(14,4)5/h9,15,17H,7-8H2,1-6H3. The Morgan fingerprint density at radius 2 is 1.61 bits per heavy atom. The van der Waals surface area contributed by atoms with Crippen LogP contribution in [0, 0.1) is 0 Å². The Bertz CT molecular complexity index is 318. The number of esters is 1. The Balaban J connectivity index is 3.16. The van der Waals surface area contributed by atoms with Gasteiger partial charge in [-0.15, -0.1) is 0 Å². The van der Waals surface area contributed by atoms with Crippen molar-refractivity contribution in [2.45, 2.75) is 70.4 Å². The molecule has 1 unspecified atom stereocenters. The van der Waals surface area contributed by atoms with Crippen LogP contribution >= 0.6 is 0 Å². The van der Waals surface area contributed by atoms with Crippen LogP contribution < -0.4 is 0 Å². The van der Waals surface area contributed by atoms with Gasteiger partial charge >= 0.3 is 5.97 Å². The number of piperidine rings is 1. The Hall–Kier alpha value is -0.650. The molecular weight excluding hydrogens is 234 g/mol. The van der Waals surface area contributed by atoms with Crippen LogP contribution in [0.4, 0.5) is 0 Å². The van der Waals surface area contributed by atoms with Crippen molar-refractivity contribution in [2.75, 3.05) is 7.11 Å². The third kappa shape index (κ3) is 2.53. The maximum absolute atomic E-state index is 11.8. The summed E-state index contributed by atoms with van der Waals surface area (Å²) in [5, 5.41) is 20.5. The maximum atomic E-state index is 11.8. The first kappa shape index (κ1) is 15.4. The van der Waals surface area contributed by atoms with Crippen LogP contribution in [-0.2, 0) is 9.53 Å². The van der Waals surface area contributed by atoms with Gasteiger partial charge in [-0.05, 0) is 34.6 Å². The molecule has 0 aliphatic carbocycles. The highest BCUT2D eigenvalue weighted by molar-refractivity contribution is 5.79. The number of aliphatic hydroxyl groups excluding tert-OH is 1. The summed E-state index contributed by atoms with van der Waals surface area (Å²) in [6, 6.07) is 0. The summed E-state index contributed by atoms with van der Waals surface area (Å²) in [6.45, 7) is 9.35. The molecule has 1 aliphatic rings. The molecule has 0 amide bonds. The van der Waals surface area contributed by atoms with Gasteiger partial charge in [0.1, 0.15) is 6.23 Å². The molecular formula is C13H25NO4. The predicted molar refractivity (Wildman–Crippen MR) is 67.9 cm³/mol. The van der Waals surface area contributed by atoms with Crippen molar-refractivity contribution < 1.29 is 19.7 Å². The molecule has 1 atom stereocenters. The van der Waals surface area contributed by atoms with E-state index in [1.807, 2.05) is 32.6 Å². The number of methoxy groups -OCH3 is 1. The molecule has 1 rings (SSSR count). The zero-order valence-electron chi connectivity index (χ0n) is 12.1. The molecule has 0 spiro atoms. The number of carbonyl (C=O) groups excluding carboxylic acids is 1. The van der Waals surface area contributed by atoms with Gasteiger partial charge in [-0.25, -0.2) is 4.79 Å². The van der Waals surface area contributed by atoms with Crippen molar-refractivity contribution in [3.63, 3.8) is 0 Å². The average Bonchev–Trinajstić information content (AvgIpc) is 2.10. The van der Waals surface area contributed by atoms with E-state index in [0.29, 0.717) is 0 Å². The number of carbonyl (C=O) groups is 1. The fraction of sp³-hybridized carbons (Fsp3) is 0.923. The Morgan fingerprint density at radius 1 is 1.22 bits per heavy atom. The lowest BCUT2D eigenvalue weighted by Gasteiger charge is -2.58. The van der Waals surface area contributed by atoms with Crippen molar-refractivity contribution >= 4 is 5.97 Å². The topological polar surface area (TPSA) is 70.0 Å². The molecule has 18 heavy (non-hydrogen) atoms. The molecule has 5 heteroatoms. The van der Waals surface area contributed by atoms with Crippen molar-refractivity contribution in [3.05, 3.63) is 0 Å². The molecule has 0 aromatic carbocycles. The molecule has 2 N–H and O–H groups in total. The second-order valence-electron chi connectivity index (χ2n) is 6.50. The number of aliphatic hydroxyl groups is 2. The van der Waals surface area contributed by atoms with Crippen LogP contribution in [-0.4, -0.2) is 51.1 Å². The minimum Gasteiger partial charge on any atom is -0.467 e. The molecule has 0 aromatic heterocycles. The quantitative estimate of drug-likeness (QED) is 0.720. The Labute approximate surface area is 109 Å². The van der Waals surface area contributed by atoms with E-state index in [2.05, 4.69) is 0 Å². The van der Waals surface area contributed by atoms with Gasteiger partial charge in [0.2, 0.25) is 0 Å². The zero-order valence-corrected chi connectivity index (χ0v) is 12.1. The normalized spacial score (nSPS) is 27.6. The van der Waals surface area contributed by atoms with E-state index in [9.17, 15) is 15.0 Å². The minimum atomic E-state index is -1.49. The van der Waals surface area contributed by atoms with E-state index >= 15 is 0 Å². The summed E-state index contributed by atoms with van der Waals surface area (Å²) in [7, 11) is 1.28. The maximum Gasteiger partial charge on any atom is 0.337 e. The van der Waals surface area contributed by atoms with Crippen LogP contribution in [0.25, 0.3) is 0 Å². The summed E-state index contributed by atoms with van der Waals surface area (Å²) < 4.78 is 4.71. The lowest BCUT2D eigenvalue weighted by molar-refractivity contribution is -0.205. The van der Waals surface area contributed by atoms with E-state index in [1.165, 1.54) is 7.11 Å². The third-order valence-corrected chi connectivity index (χ3v) is 3.69. The highest BCUT2D eigenvalue weighted by atomic mass is 16.5. The number of rotatable bonds is 2. The van der Waals surface area contributed by atoms with Crippen molar-refractivity contribution in [1.82, 2.24) is 4.90 Å². The van der Waals surface area contributed by atoms with Crippen LogP contribution in [0.2, 0.25) is 0 Å². The molecule has 0 aromatic rings. The van der Waals surface area contributed by atoms with Gasteiger partial charge in [0, 0.05) is 23.9 Å². The van der Waals surface area contributed by atoms with Crippen molar-refractivity contribution in [2.24, 2.45) is 0 Å². The first-order chi connectivity index (χ1) is 7.96. The zero-order chi connectivity index (χ0) is 14.4. The molecule has 0 bridgehead atoms. The SMILES string of the molecule is COC(=O)C1(O)CC(C)(C)N(C(C)O)C(C)(C)C1. The highest BCUT2D eigenvalue weighted by Gasteiger charge is 2.56. The number of ether oxygens (including phenoxy) is 1. The second kappa shape index (κ2) is 4.47. The molecule has 106 valence electrons. The number of hydrogen-bond donors (Lipinski definition) is 2. The summed E-state index contributed by atoms with van der Waals surface area (Å²) in [4.78, 5) is 13.7. The Kier molecular flexibility index (Phi) is 3.83. The first-order valence-electron chi connectivity index (χ1n) is 6.25. The van der Waals surface area contributed by atoms with E-state index in [-0.39, 0.29) is 12.8 Å². The monoisotopic (exact) mass is 259 g/mol. The van der Waals surface area contributed by atoms with E-state index in [4.69, 9.17) is 4.74 Å². The summed E-state index contributed by atoms with van der Waals surface area (Å²) in [6.07, 6.45) is -0.167. The van der Waals surface area contributed by atoms with Crippen LogP contribution in [0.1, 0.15) is 47.5 Å². The van der Waals surface area contributed by atoms with E-state index in [1.54, 1.807) is 6.92 Å². The molecule has 1 aliphatic heterocycles. The van der Waals surface area contributed by atoms with Crippen LogP contribution in [0.15, 0.2) is 0 Å². The average molecular weight is 259 g/mol. The second-order valence-corrected chi connectivity index (χ2v) is 6.50. The van der Waals surface area contributed by atoms with E-state index in [0.717, 1.165) is 0 Å². The summed E-state index contributed by atoms with van der Waals surface area (Å²) in [5.41, 5.74) is -2.50. The number of likely N-dealkylation sites (tertiary alicyclic amines) is 1.